The van der Waals surface area contributed by atoms with E-state index < -0.39 is 0 Å². The number of carbonyl (C=O) groups is 1. The SMILES string of the molecule is O=C(c1ccc2n[nH]nc2c1)N1CCc2nc(Cc3ccccc3)nn2CC1. The lowest BCUT2D eigenvalue weighted by Crippen LogP contribution is -2.33. The number of benzene rings is 2. The zero-order valence-electron chi connectivity index (χ0n) is 15.2. The minimum absolute atomic E-state index is 0.000150. The number of nitrogens with zero attached hydrogens (tertiary/aromatic N) is 6. The first-order valence-corrected chi connectivity index (χ1v) is 9.32. The summed E-state index contributed by atoms with van der Waals surface area (Å²) in [6.45, 7) is 1.88. The van der Waals surface area contributed by atoms with Gasteiger partial charge in [0.25, 0.3) is 5.91 Å². The number of H-pyrrole nitrogens is 1. The van der Waals surface area contributed by atoms with E-state index in [9.17, 15) is 4.79 Å². The highest BCUT2D eigenvalue weighted by Crippen LogP contribution is 2.16. The van der Waals surface area contributed by atoms with Gasteiger partial charge in [-0.25, -0.2) is 9.67 Å². The van der Waals surface area contributed by atoms with Gasteiger partial charge >= 0.3 is 0 Å². The number of fused-ring (bicyclic) bond motifs is 2. The Morgan fingerprint density at radius 1 is 1.00 bits per heavy atom. The molecule has 3 heterocycles. The van der Waals surface area contributed by atoms with E-state index in [1.807, 2.05) is 33.8 Å². The molecule has 0 fully saturated rings. The van der Waals surface area contributed by atoms with Crippen molar-refractivity contribution < 1.29 is 4.79 Å². The van der Waals surface area contributed by atoms with Gasteiger partial charge in [0, 0.05) is 31.5 Å². The van der Waals surface area contributed by atoms with Crippen molar-refractivity contribution in [1.29, 1.82) is 0 Å². The fraction of sp³-hybridized carbons (Fsp3) is 0.250. The van der Waals surface area contributed by atoms with E-state index in [4.69, 9.17) is 4.98 Å². The van der Waals surface area contributed by atoms with Gasteiger partial charge in [-0.05, 0) is 23.8 Å². The average molecular weight is 373 g/mol. The van der Waals surface area contributed by atoms with E-state index in [2.05, 4.69) is 32.6 Å². The fourth-order valence-corrected chi connectivity index (χ4v) is 3.56. The zero-order chi connectivity index (χ0) is 18.9. The summed E-state index contributed by atoms with van der Waals surface area (Å²) in [7, 11) is 0. The quantitative estimate of drug-likeness (QED) is 0.591. The van der Waals surface area contributed by atoms with E-state index in [1.54, 1.807) is 12.1 Å². The number of amides is 1. The molecule has 0 saturated carbocycles. The third kappa shape index (κ3) is 3.13. The van der Waals surface area contributed by atoms with Gasteiger partial charge in [-0.1, -0.05) is 30.3 Å². The lowest BCUT2D eigenvalue weighted by Gasteiger charge is -2.19. The van der Waals surface area contributed by atoms with Gasteiger partial charge in [-0.2, -0.15) is 20.5 Å². The third-order valence-electron chi connectivity index (χ3n) is 5.03. The maximum atomic E-state index is 12.9. The van der Waals surface area contributed by atoms with Crippen LogP contribution >= 0.6 is 0 Å². The van der Waals surface area contributed by atoms with E-state index in [-0.39, 0.29) is 5.91 Å². The van der Waals surface area contributed by atoms with Crippen LogP contribution in [0.4, 0.5) is 0 Å². The molecule has 8 heteroatoms. The van der Waals surface area contributed by atoms with Crippen molar-refractivity contribution >= 4 is 16.9 Å². The fourth-order valence-electron chi connectivity index (χ4n) is 3.56. The predicted molar refractivity (Wildman–Crippen MR) is 103 cm³/mol. The largest absolute Gasteiger partial charge is 0.336 e. The molecule has 0 spiro atoms. The minimum atomic E-state index is 0.000150. The van der Waals surface area contributed by atoms with Gasteiger partial charge in [0.15, 0.2) is 5.82 Å². The first-order chi connectivity index (χ1) is 13.8. The summed E-state index contributed by atoms with van der Waals surface area (Å²) in [6.07, 6.45) is 1.42. The van der Waals surface area contributed by atoms with Gasteiger partial charge in [-0.3, -0.25) is 4.79 Å². The van der Waals surface area contributed by atoms with E-state index in [1.165, 1.54) is 5.56 Å². The first kappa shape index (κ1) is 16.6. The summed E-state index contributed by atoms with van der Waals surface area (Å²) in [5.41, 5.74) is 3.27. The van der Waals surface area contributed by atoms with Crippen molar-refractivity contribution in [1.82, 2.24) is 35.1 Å². The van der Waals surface area contributed by atoms with Crippen molar-refractivity contribution in [3.63, 3.8) is 0 Å². The molecule has 1 amide bonds. The van der Waals surface area contributed by atoms with E-state index >= 15 is 0 Å². The molecule has 0 unspecified atom stereocenters. The molecule has 0 aliphatic carbocycles. The molecule has 1 aliphatic heterocycles. The molecule has 4 aromatic rings. The number of hydrogen-bond acceptors (Lipinski definition) is 5. The van der Waals surface area contributed by atoms with Gasteiger partial charge in [0.1, 0.15) is 16.9 Å². The van der Waals surface area contributed by atoms with Gasteiger partial charge in [0.2, 0.25) is 0 Å². The Morgan fingerprint density at radius 3 is 2.75 bits per heavy atom. The molecule has 8 nitrogen and oxygen atoms in total. The third-order valence-corrected chi connectivity index (χ3v) is 5.03. The maximum absolute atomic E-state index is 12.9. The van der Waals surface area contributed by atoms with Crippen LogP contribution in [-0.4, -0.2) is 54.1 Å². The van der Waals surface area contributed by atoms with Crippen molar-refractivity contribution in [2.45, 2.75) is 19.4 Å². The molecule has 1 N–H and O–H groups in total. The Labute approximate surface area is 161 Å². The average Bonchev–Trinajstić information content (AvgIpc) is 3.30. The van der Waals surface area contributed by atoms with Crippen LogP contribution in [0.3, 0.4) is 0 Å². The lowest BCUT2D eigenvalue weighted by molar-refractivity contribution is 0.0758. The van der Waals surface area contributed by atoms with E-state index in [0.29, 0.717) is 37.1 Å². The van der Waals surface area contributed by atoms with Crippen LogP contribution in [0.1, 0.15) is 27.6 Å². The van der Waals surface area contributed by atoms with Gasteiger partial charge in [-0.15, -0.1) is 0 Å². The summed E-state index contributed by atoms with van der Waals surface area (Å²) in [5, 5.41) is 15.3. The van der Waals surface area contributed by atoms with E-state index in [0.717, 1.165) is 23.6 Å². The Hall–Kier alpha value is -3.55. The van der Waals surface area contributed by atoms with Crippen molar-refractivity contribution in [2.24, 2.45) is 0 Å². The Morgan fingerprint density at radius 2 is 1.86 bits per heavy atom. The highest BCUT2D eigenvalue weighted by molar-refractivity contribution is 5.97. The van der Waals surface area contributed by atoms with Crippen LogP contribution in [0.2, 0.25) is 0 Å². The lowest BCUT2D eigenvalue weighted by atomic mass is 10.1. The second-order valence-electron chi connectivity index (χ2n) is 6.90. The Bertz CT molecular complexity index is 1110. The molecule has 0 bridgehead atoms. The molecule has 0 radical (unpaired) electrons. The molecule has 2 aromatic carbocycles. The van der Waals surface area contributed by atoms with Crippen LogP contribution in [0.25, 0.3) is 11.0 Å². The number of nitrogens with one attached hydrogen (secondary N) is 1. The summed E-state index contributed by atoms with van der Waals surface area (Å²) in [6, 6.07) is 15.6. The van der Waals surface area contributed by atoms with Crippen molar-refractivity contribution in [2.75, 3.05) is 13.1 Å². The predicted octanol–water partition coefficient (Wildman–Crippen LogP) is 1.84. The van der Waals surface area contributed by atoms with Gasteiger partial charge < -0.3 is 4.90 Å². The topological polar surface area (TPSA) is 92.6 Å². The number of aromatic nitrogens is 6. The Kier molecular flexibility index (Phi) is 4.08. The van der Waals surface area contributed by atoms with Crippen LogP contribution < -0.4 is 0 Å². The Balaban J connectivity index is 1.30. The molecule has 2 aromatic heterocycles. The maximum Gasteiger partial charge on any atom is 0.254 e. The highest BCUT2D eigenvalue weighted by Gasteiger charge is 2.22. The second kappa shape index (κ2) is 6.88. The molecular weight excluding hydrogens is 354 g/mol. The molecule has 0 atom stereocenters. The molecular formula is C20H19N7O. The van der Waals surface area contributed by atoms with Crippen LogP contribution in [0, 0.1) is 0 Å². The highest BCUT2D eigenvalue weighted by atomic mass is 16.2. The normalized spacial score (nSPS) is 14.1. The number of carbonyl (C=O) groups excluding carboxylic acids is 1. The monoisotopic (exact) mass is 373 g/mol. The zero-order valence-corrected chi connectivity index (χ0v) is 15.2. The second-order valence-corrected chi connectivity index (χ2v) is 6.90. The smallest absolute Gasteiger partial charge is 0.254 e. The number of hydrogen-bond donors (Lipinski definition) is 1. The summed E-state index contributed by atoms with van der Waals surface area (Å²) in [5.74, 6) is 1.77. The summed E-state index contributed by atoms with van der Waals surface area (Å²) >= 11 is 0. The van der Waals surface area contributed by atoms with Gasteiger partial charge in [0.05, 0.1) is 6.54 Å². The van der Waals surface area contributed by atoms with Crippen LogP contribution in [0.5, 0.6) is 0 Å². The summed E-state index contributed by atoms with van der Waals surface area (Å²) < 4.78 is 1.94. The number of rotatable bonds is 3. The standard InChI is InChI=1S/C20H19N7O/c28-20(15-6-7-16-17(13-15)23-25-22-16)26-9-8-19-21-18(24-27(19)11-10-26)12-14-4-2-1-3-5-14/h1-7,13H,8-12H2,(H,22,23,25). The first-order valence-electron chi connectivity index (χ1n) is 9.32. The molecule has 0 saturated heterocycles. The summed E-state index contributed by atoms with van der Waals surface area (Å²) in [4.78, 5) is 19.5. The molecule has 1 aliphatic rings. The minimum Gasteiger partial charge on any atom is -0.336 e. The van der Waals surface area contributed by atoms with Crippen molar-refractivity contribution in [3.05, 3.63) is 71.3 Å². The van der Waals surface area contributed by atoms with Crippen molar-refractivity contribution in [3.8, 4) is 0 Å². The van der Waals surface area contributed by atoms with Crippen LogP contribution in [-0.2, 0) is 19.4 Å². The molecule has 140 valence electrons. The van der Waals surface area contributed by atoms with Crippen LogP contribution in [0.15, 0.2) is 48.5 Å². The molecule has 5 rings (SSSR count). The number of aromatic amines is 1. The molecule has 28 heavy (non-hydrogen) atoms.